The zero-order chi connectivity index (χ0) is 13.6. The van der Waals surface area contributed by atoms with Gasteiger partial charge in [0.2, 0.25) is 5.91 Å². The molecule has 0 bridgehead atoms. The number of unbranched alkanes of at least 4 members (excludes halogenated alkanes) is 5. The normalized spacial score (nSPS) is 12.4. The monoisotopic (exact) mass is 258 g/mol. The van der Waals surface area contributed by atoms with E-state index in [1.807, 2.05) is 6.92 Å². The van der Waals surface area contributed by atoms with E-state index in [0.717, 1.165) is 13.0 Å². The number of hydrogen-bond donors (Lipinski definition) is 2. The van der Waals surface area contributed by atoms with Crippen molar-refractivity contribution in [3.8, 4) is 0 Å². The molecule has 0 saturated heterocycles. The van der Waals surface area contributed by atoms with Crippen LogP contribution in [0.2, 0.25) is 0 Å². The molecule has 108 valence electrons. The Morgan fingerprint density at radius 3 is 2.44 bits per heavy atom. The van der Waals surface area contributed by atoms with Crippen LogP contribution in [-0.4, -0.2) is 38.8 Å². The van der Waals surface area contributed by atoms with Gasteiger partial charge in [-0.05, 0) is 19.9 Å². The Labute approximate surface area is 112 Å². The van der Waals surface area contributed by atoms with Gasteiger partial charge in [0.25, 0.3) is 0 Å². The Hall–Kier alpha value is -0.610. The van der Waals surface area contributed by atoms with Crippen molar-refractivity contribution in [2.24, 2.45) is 0 Å². The lowest BCUT2D eigenvalue weighted by Gasteiger charge is -2.13. The van der Waals surface area contributed by atoms with Crippen LogP contribution in [0.4, 0.5) is 0 Å². The van der Waals surface area contributed by atoms with Gasteiger partial charge in [0, 0.05) is 13.7 Å². The van der Waals surface area contributed by atoms with Gasteiger partial charge in [-0.15, -0.1) is 0 Å². The third kappa shape index (κ3) is 10.5. The van der Waals surface area contributed by atoms with Crippen molar-refractivity contribution in [1.29, 1.82) is 0 Å². The molecule has 0 aliphatic carbocycles. The van der Waals surface area contributed by atoms with Crippen molar-refractivity contribution in [3.63, 3.8) is 0 Å². The number of hydrogen-bond acceptors (Lipinski definition) is 3. The predicted molar refractivity (Wildman–Crippen MR) is 75.7 cm³/mol. The molecule has 0 radical (unpaired) electrons. The summed E-state index contributed by atoms with van der Waals surface area (Å²) in [6, 6.07) is -0.113. The van der Waals surface area contributed by atoms with Crippen LogP contribution in [0.25, 0.3) is 0 Å². The van der Waals surface area contributed by atoms with Gasteiger partial charge < -0.3 is 15.4 Å². The van der Waals surface area contributed by atoms with Crippen molar-refractivity contribution >= 4 is 5.91 Å². The van der Waals surface area contributed by atoms with Gasteiger partial charge in [0.05, 0.1) is 12.6 Å². The second-order valence-corrected chi connectivity index (χ2v) is 4.73. The molecule has 1 amide bonds. The summed E-state index contributed by atoms with van der Waals surface area (Å²) in [7, 11) is 1.63. The SMILES string of the molecule is CCCCCCCCNC(C)C(=O)NCCOC. The number of nitrogens with one attached hydrogen (secondary N) is 2. The fourth-order valence-corrected chi connectivity index (χ4v) is 1.75. The predicted octanol–water partition coefficient (Wildman–Crippen LogP) is 2.09. The Kier molecular flexibility index (Phi) is 12.4. The molecule has 0 aromatic rings. The van der Waals surface area contributed by atoms with Gasteiger partial charge in [0.1, 0.15) is 0 Å². The van der Waals surface area contributed by atoms with E-state index in [2.05, 4.69) is 17.6 Å². The molecule has 0 fully saturated rings. The smallest absolute Gasteiger partial charge is 0.236 e. The largest absolute Gasteiger partial charge is 0.383 e. The highest BCUT2D eigenvalue weighted by atomic mass is 16.5. The number of methoxy groups -OCH3 is 1. The maximum absolute atomic E-state index is 11.6. The second-order valence-electron chi connectivity index (χ2n) is 4.73. The van der Waals surface area contributed by atoms with E-state index in [-0.39, 0.29) is 11.9 Å². The van der Waals surface area contributed by atoms with Crippen molar-refractivity contribution in [1.82, 2.24) is 10.6 Å². The van der Waals surface area contributed by atoms with Gasteiger partial charge in [-0.2, -0.15) is 0 Å². The Bertz CT molecular complexity index is 198. The van der Waals surface area contributed by atoms with Crippen molar-refractivity contribution < 1.29 is 9.53 Å². The summed E-state index contributed by atoms with van der Waals surface area (Å²) >= 11 is 0. The fourth-order valence-electron chi connectivity index (χ4n) is 1.75. The lowest BCUT2D eigenvalue weighted by Crippen LogP contribution is -2.43. The first kappa shape index (κ1) is 17.4. The Morgan fingerprint density at radius 1 is 1.11 bits per heavy atom. The third-order valence-corrected chi connectivity index (χ3v) is 2.98. The van der Waals surface area contributed by atoms with Crippen LogP contribution >= 0.6 is 0 Å². The summed E-state index contributed by atoms with van der Waals surface area (Å²) in [4.78, 5) is 11.6. The highest BCUT2D eigenvalue weighted by Gasteiger charge is 2.10. The molecular formula is C14H30N2O2. The zero-order valence-corrected chi connectivity index (χ0v) is 12.3. The van der Waals surface area contributed by atoms with Gasteiger partial charge >= 0.3 is 0 Å². The molecule has 0 aliphatic heterocycles. The maximum atomic E-state index is 11.6. The van der Waals surface area contributed by atoms with E-state index in [1.54, 1.807) is 7.11 Å². The molecule has 4 heteroatoms. The Morgan fingerprint density at radius 2 is 1.78 bits per heavy atom. The van der Waals surface area contributed by atoms with Crippen molar-refractivity contribution in [2.45, 2.75) is 58.4 Å². The van der Waals surface area contributed by atoms with Crippen molar-refractivity contribution in [2.75, 3.05) is 26.8 Å². The number of carbonyl (C=O) groups excluding carboxylic acids is 1. The summed E-state index contributed by atoms with van der Waals surface area (Å²) < 4.78 is 4.88. The number of carbonyl (C=O) groups is 1. The Balaban J connectivity index is 3.34. The summed E-state index contributed by atoms with van der Waals surface area (Å²) in [6.45, 7) is 6.20. The minimum absolute atomic E-state index is 0.0537. The standard InChI is InChI=1S/C14H30N2O2/c1-4-5-6-7-8-9-10-15-13(2)14(17)16-11-12-18-3/h13,15H,4-12H2,1-3H3,(H,16,17). The number of ether oxygens (including phenoxy) is 1. The second kappa shape index (κ2) is 12.8. The van der Waals surface area contributed by atoms with Gasteiger partial charge in [-0.25, -0.2) is 0 Å². The number of amides is 1. The van der Waals surface area contributed by atoms with Crippen LogP contribution in [0.3, 0.4) is 0 Å². The molecule has 4 nitrogen and oxygen atoms in total. The van der Waals surface area contributed by atoms with Crippen LogP contribution < -0.4 is 10.6 Å². The molecule has 0 spiro atoms. The topological polar surface area (TPSA) is 50.4 Å². The molecule has 0 aromatic heterocycles. The minimum Gasteiger partial charge on any atom is -0.383 e. The van der Waals surface area contributed by atoms with Crippen molar-refractivity contribution in [3.05, 3.63) is 0 Å². The van der Waals surface area contributed by atoms with E-state index < -0.39 is 0 Å². The summed E-state index contributed by atoms with van der Waals surface area (Å²) in [5.41, 5.74) is 0. The highest BCUT2D eigenvalue weighted by molar-refractivity contribution is 5.81. The lowest BCUT2D eigenvalue weighted by molar-refractivity contribution is -0.122. The maximum Gasteiger partial charge on any atom is 0.236 e. The fraction of sp³-hybridized carbons (Fsp3) is 0.929. The summed E-state index contributed by atoms with van der Waals surface area (Å²) in [5.74, 6) is 0.0537. The molecule has 18 heavy (non-hydrogen) atoms. The molecule has 0 saturated carbocycles. The lowest BCUT2D eigenvalue weighted by atomic mass is 10.1. The van der Waals surface area contributed by atoms with Crippen LogP contribution in [0.5, 0.6) is 0 Å². The van der Waals surface area contributed by atoms with Crippen LogP contribution in [0.1, 0.15) is 52.4 Å². The first-order valence-electron chi connectivity index (χ1n) is 7.22. The molecular weight excluding hydrogens is 228 g/mol. The first-order valence-corrected chi connectivity index (χ1v) is 7.22. The summed E-state index contributed by atoms with van der Waals surface area (Å²) in [5, 5.41) is 6.07. The molecule has 0 rings (SSSR count). The zero-order valence-electron chi connectivity index (χ0n) is 12.3. The van der Waals surface area contributed by atoms with Gasteiger partial charge in [0.15, 0.2) is 0 Å². The minimum atomic E-state index is -0.113. The van der Waals surface area contributed by atoms with E-state index in [0.29, 0.717) is 13.2 Å². The molecule has 1 unspecified atom stereocenters. The molecule has 0 heterocycles. The van der Waals surface area contributed by atoms with E-state index in [4.69, 9.17) is 4.74 Å². The number of rotatable bonds is 12. The summed E-state index contributed by atoms with van der Waals surface area (Å²) in [6.07, 6.45) is 7.68. The molecule has 0 aromatic carbocycles. The first-order chi connectivity index (χ1) is 8.72. The highest BCUT2D eigenvalue weighted by Crippen LogP contribution is 2.04. The van der Waals surface area contributed by atoms with Gasteiger partial charge in [-0.1, -0.05) is 39.0 Å². The van der Waals surface area contributed by atoms with E-state index in [9.17, 15) is 4.79 Å². The quantitative estimate of drug-likeness (QED) is 0.527. The van der Waals surface area contributed by atoms with Crippen LogP contribution in [-0.2, 0) is 9.53 Å². The third-order valence-electron chi connectivity index (χ3n) is 2.98. The van der Waals surface area contributed by atoms with Gasteiger partial charge in [-0.3, -0.25) is 4.79 Å². The average molecular weight is 258 g/mol. The molecule has 1 atom stereocenters. The average Bonchev–Trinajstić information content (AvgIpc) is 2.37. The van der Waals surface area contributed by atoms with E-state index in [1.165, 1.54) is 32.1 Å². The van der Waals surface area contributed by atoms with E-state index >= 15 is 0 Å². The van der Waals surface area contributed by atoms with Crippen LogP contribution in [0.15, 0.2) is 0 Å². The molecule has 0 aliphatic rings. The van der Waals surface area contributed by atoms with Crippen LogP contribution in [0, 0.1) is 0 Å². The molecule has 2 N–H and O–H groups in total.